The third-order valence-corrected chi connectivity index (χ3v) is 6.18. The Bertz CT molecular complexity index is 1150. The molecule has 2 heterocycles. The zero-order valence-electron chi connectivity index (χ0n) is 19.6. The fourth-order valence-electron chi connectivity index (χ4n) is 3.85. The molecule has 9 nitrogen and oxygen atoms in total. The standard InChI is InChI=1S/C25H30ClN7O2/c1-28-10-11-29-20-7-4-18(14-21(20)33-24-22(27)23(26)30-15-31-24)16-2-5-19(6-3-16)32-25(34)17-8-12-35-13-9-17/h2-7,14-15,17,28-29H,8-13,27H2,1H3,(H,32,34)(H,30,31,33). The molecular weight excluding hydrogens is 466 g/mol. The Kier molecular flexibility index (Phi) is 8.36. The predicted molar refractivity (Wildman–Crippen MR) is 141 cm³/mol. The number of anilines is 5. The van der Waals surface area contributed by atoms with Crippen molar-refractivity contribution >= 4 is 46.1 Å². The smallest absolute Gasteiger partial charge is 0.227 e. The zero-order chi connectivity index (χ0) is 24.6. The van der Waals surface area contributed by atoms with E-state index >= 15 is 0 Å². The molecule has 0 radical (unpaired) electrons. The van der Waals surface area contributed by atoms with Crippen molar-refractivity contribution in [3.05, 3.63) is 53.9 Å². The molecule has 184 valence electrons. The Morgan fingerprint density at radius 1 is 1.06 bits per heavy atom. The fourth-order valence-corrected chi connectivity index (χ4v) is 3.99. The summed E-state index contributed by atoms with van der Waals surface area (Å²) < 4.78 is 5.35. The SMILES string of the molecule is CNCCNc1ccc(-c2ccc(NC(=O)C3CCOCC3)cc2)cc1Nc1ncnc(Cl)c1N. The van der Waals surface area contributed by atoms with E-state index in [4.69, 9.17) is 22.1 Å². The molecule has 6 N–H and O–H groups in total. The summed E-state index contributed by atoms with van der Waals surface area (Å²) in [5.74, 6) is 0.485. The number of carbonyl (C=O) groups is 1. The summed E-state index contributed by atoms with van der Waals surface area (Å²) in [5.41, 5.74) is 10.8. The number of rotatable bonds is 9. The van der Waals surface area contributed by atoms with E-state index in [1.165, 1.54) is 6.33 Å². The van der Waals surface area contributed by atoms with Gasteiger partial charge in [0, 0.05) is 37.9 Å². The van der Waals surface area contributed by atoms with E-state index in [0.29, 0.717) is 19.0 Å². The van der Waals surface area contributed by atoms with Crippen molar-refractivity contribution in [1.82, 2.24) is 15.3 Å². The Morgan fingerprint density at radius 3 is 2.54 bits per heavy atom. The van der Waals surface area contributed by atoms with Gasteiger partial charge in [-0.05, 0) is 55.3 Å². The summed E-state index contributed by atoms with van der Waals surface area (Å²) in [6.45, 7) is 2.83. The number of likely N-dealkylation sites (N-methyl/N-ethyl adjacent to an activating group) is 1. The van der Waals surface area contributed by atoms with E-state index in [1.807, 2.05) is 49.5 Å². The van der Waals surface area contributed by atoms with Crippen LogP contribution in [0, 0.1) is 5.92 Å². The maximum absolute atomic E-state index is 12.5. The number of nitrogens with zero attached hydrogens (tertiary/aromatic N) is 2. The molecule has 0 bridgehead atoms. The summed E-state index contributed by atoms with van der Waals surface area (Å²) in [7, 11) is 1.91. The highest BCUT2D eigenvalue weighted by atomic mass is 35.5. The van der Waals surface area contributed by atoms with Crippen LogP contribution in [-0.2, 0) is 9.53 Å². The van der Waals surface area contributed by atoms with Crippen molar-refractivity contribution in [2.24, 2.45) is 5.92 Å². The Labute approximate surface area is 209 Å². The number of benzene rings is 2. The second-order valence-electron chi connectivity index (χ2n) is 8.30. The van der Waals surface area contributed by atoms with Gasteiger partial charge in [0.15, 0.2) is 11.0 Å². The monoisotopic (exact) mass is 495 g/mol. The van der Waals surface area contributed by atoms with Gasteiger partial charge >= 0.3 is 0 Å². The van der Waals surface area contributed by atoms with Crippen LogP contribution in [0.5, 0.6) is 0 Å². The van der Waals surface area contributed by atoms with E-state index in [1.54, 1.807) is 0 Å². The molecule has 1 saturated heterocycles. The average molecular weight is 496 g/mol. The van der Waals surface area contributed by atoms with Gasteiger partial charge in [-0.3, -0.25) is 4.79 Å². The van der Waals surface area contributed by atoms with Crippen LogP contribution in [-0.4, -0.2) is 49.2 Å². The van der Waals surface area contributed by atoms with Gasteiger partial charge in [-0.25, -0.2) is 9.97 Å². The molecule has 2 aromatic carbocycles. The first kappa shape index (κ1) is 24.7. The molecule has 35 heavy (non-hydrogen) atoms. The number of ether oxygens (including phenoxy) is 1. The van der Waals surface area contributed by atoms with Crippen molar-refractivity contribution in [3.63, 3.8) is 0 Å². The minimum absolute atomic E-state index is 0.00254. The molecule has 3 aromatic rings. The fraction of sp³-hybridized carbons (Fsp3) is 0.320. The van der Waals surface area contributed by atoms with Crippen LogP contribution >= 0.6 is 11.6 Å². The van der Waals surface area contributed by atoms with Crippen LogP contribution in [0.25, 0.3) is 11.1 Å². The second-order valence-corrected chi connectivity index (χ2v) is 8.65. The number of carbonyl (C=O) groups excluding carboxylic acids is 1. The van der Waals surface area contributed by atoms with Crippen molar-refractivity contribution in [3.8, 4) is 11.1 Å². The van der Waals surface area contributed by atoms with Gasteiger partial charge in [0.1, 0.15) is 12.0 Å². The number of hydrogen-bond donors (Lipinski definition) is 5. The van der Waals surface area contributed by atoms with Gasteiger partial charge in [-0.15, -0.1) is 0 Å². The minimum Gasteiger partial charge on any atom is -0.393 e. The molecule has 0 unspecified atom stereocenters. The van der Waals surface area contributed by atoms with Crippen LogP contribution in [0.15, 0.2) is 48.8 Å². The normalized spacial score (nSPS) is 13.9. The topological polar surface area (TPSA) is 126 Å². The third-order valence-electron chi connectivity index (χ3n) is 5.88. The van der Waals surface area contributed by atoms with Gasteiger partial charge in [0.25, 0.3) is 0 Å². The summed E-state index contributed by atoms with van der Waals surface area (Å²) in [6.07, 6.45) is 2.89. The van der Waals surface area contributed by atoms with E-state index in [9.17, 15) is 4.79 Å². The van der Waals surface area contributed by atoms with Gasteiger partial charge in [-0.1, -0.05) is 29.8 Å². The maximum Gasteiger partial charge on any atom is 0.227 e. The lowest BCUT2D eigenvalue weighted by Gasteiger charge is -2.21. The van der Waals surface area contributed by atoms with Crippen LogP contribution < -0.4 is 27.0 Å². The van der Waals surface area contributed by atoms with Crippen molar-refractivity contribution in [2.75, 3.05) is 55.0 Å². The predicted octanol–water partition coefficient (Wildman–Crippen LogP) is 4.12. The third kappa shape index (κ3) is 6.39. The van der Waals surface area contributed by atoms with E-state index < -0.39 is 0 Å². The van der Waals surface area contributed by atoms with Crippen molar-refractivity contribution in [2.45, 2.75) is 12.8 Å². The summed E-state index contributed by atoms with van der Waals surface area (Å²) >= 11 is 6.07. The van der Waals surface area contributed by atoms with Crippen LogP contribution in [0.1, 0.15) is 12.8 Å². The molecule has 1 aromatic heterocycles. The number of halogens is 1. The first-order chi connectivity index (χ1) is 17.0. The number of nitrogens with one attached hydrogen (secondary N) is 4. The van der Waals surface area contributed by atoms with Crippen molar-refractivity contribution < 1.29 is 9.53 Å². The lowest BCUT2D eigenvalue weighted by atomic mass is 9.99. The van der Waals surface area contributed by atoms with Crippen LogP contribution in [0.3, 0.4) is 0 Å². The first-order valence-electron chi connectivity index (χ1n) is 11.6. The second kappa shape index (κ2) is 11.8. The summed E-state index contributed by atoms with van der Waals surface area (Å²) in [5, 5.41) is 13.0. The highest BCUT2D eigenvalue weighted by Gasteiger charge is 2.21. The molecular formula is C25H30ClN7O2. The van der Waals surface area contributed by atoms with E-state index in [-0.39, 0.29) is 22.7 Å². The largest absolute Gasteiger partial charge is 0.393 e. The highest BCUT2D eigenvalue weighted by Crippen LogP contribution is 2.34. The molecule has 0 atom stereocenters. The molecule has 0 saturated carbocycles. The summed E-state index contributed by atoms with van der Waals surface area (Å²) in [4.78, 5) is 20.7. The number of nitrogen functional groups attached to an aromatic ring is 1. The van der Waals surface area contributed by atoms with Crippen LogP contribution in [0.4, 0.5) is 28.6 Å². The van der Waals surface area contributed by atoms with Crippen LogP contribution in [0.2, 0.25) is 5.15 Å². The number of hydrogen-bond acceptors (Lipinski definition) is 8. The minimum atomic E-state index is 0.00254. The molecule has 0 spiro atoms. The molecule has 1 fully saturated rings. The van der Waals surface area contributed by atoms with Gasteiger partial charge in [0.2, 0.25) is 5.91 Å². The van der Waals surface area contributed by atoms with Crippen molar-refractivity contribution in [1.29, 1.82) is 0 Å². The molecule has 0 aliphatic carbocycles. The quantitative estimate of drug-likeness (QED) is 0.222. The van der Waals surface area contributed by atoms with Gasteiger partial charge in [0.05, 0.1) is 11.4 Å². The molecule has 10 heteroatoms. The zero-order valence-corrected chi connectivity index (χ0v) is 20.4. The molecule has 1 amide bonds. The number of aromatic nitrogens is 2. The van der Waals surface area contributed by atoms with Gasteiger partial charge < -0.3 is 31.7 Å². The Hall–Kier alpha value is -3.40. The van der Waals surface area contributed by atoms with E-state index in [0.717, 1.165) is 54.1 Å². The average Bonchev–Trinajstić information content (AvgIpc) is 2.88. The molecule has 4 rings (SSSR count). The molecule has 1 aliphatic heterocycles. The lowest BCUT2D eigenvalue weighted by molar-refractivity contribution is -0.122. The first-order valence-corrected chi connectivity index (χ1v) is 12.0. The lowest BCUT2D eigenvalue weighted by Crippen LogP contribution is -2.28. The maximum atomic E-state index is 12.5. The summed E-state index contributed by atoms with van der Waals surface area (Å²) in [6, 6.07) is 13.9. The van der Waals surface area contributed by atoms with Gasteiger partial charge in [-0.2, -0.15) is 0 Å². The Balaban J connectivity index is 1.54. The highest BCUT2D eigenvalue weighted by molar-refractivity contribution is 6.32. The number of nitrogens with two attached hydrogens (primary N) is 1. The van der Waals surface area contributed by atoms with E-state index in [2.05, 4.69) is 31.2 Å². The Morgan fingerprint density at radius 2 is 1.80 bits per heavy atom. The number of amides is 1. The molecule has 1 aliphatic rings.